The molecule has 0 bridgehead atoms. The molecule has 2 atom stereocenters. The van der Waals surface area contributed by atoms with E-state index in [1.165, 1.54) is 44.9 Å². The summed E-state index contributed by atoms with van der Waals surface area (Å²) >= 11 is 0. The highest BCUT2D eigenvalue weighted by atomic mass is 31.2. The molecule has 10 heteroatoms. The summed E-state index contributed by atoms with van der Waals surface area (Å²) in [7, 11) is -4.36. The van der Waals surface area contributed by atoms with Crippen LogP contribution in [-0.4, -0.2) is 49.3 Å². The lowest BCUT2D eigenvalue weighted by Crippen LogP contribution is -2.29. The van der Waals surface area contributed by atoms with E-state index in [1.54, 1.807) is 0 Å². The highest BCUT2D eigenvalue weighted by Gasteiger charge is 2.25. The quantitative estimate of drug-likeness (QED) is 0.0334. The van der Waals surface area contributed by atoms with Gasteiger partial charge in [-0.05, 0) is 38.5 Å². The number of unbranched alkanes of at least 4 members (excludes halogenated alkanes) is 15. The van der Waals surface area contributed by atoms with Crippen LogP contribution in [-0.2, 0) is 32.7 Å². The first-order valence-electron chi connectivity index (χ1n) is 16.8. The van der Waals surface area contributed by atoms with Crippen molar-refractivity contribution in [2.75, 3.05) is 26.4 Å². The van der Waals surface area contributed by atoms with Crippen LogP contribution in [0.1, 0.15) is 142 Å². The number of allylic oxidation sites excluding steroid dienone is 4. The predicted molar refractivity (Wildman–Crippen MR) is 174 cm³/mol. The van der Waals surface area contributed by atoms with E-state index < -0.39 is 32.5 Å². The van der Waals surface area contributed by atoms with Gasteiger partial charge in [-0.1, -0.05) is 115 Å². The van der Waals surface area contributed by atoms with E-state index in [0.29, 0.717) is 12.8 Å². The zero-order valence-electron chi connectivity index (χ0n) is 27.2. The van der Waals surface area contributed by atoms with Gasteiger partial charge in [-0.15, -0.1) is 0 Å². The molecule has 252 valence electrons. The predicted octanol–water partition coefficient (Wildman–Crippen LogP) is 8.49. The summed E-state index contributed by atoms with van der Waals surface area (Å²) in [6.07, 6.45) is 28.0. The average Bonchev–Trinajstić information content (AvgIpc) is 2.99. The molecule has 43 heavy (non-hydrogen) atoms. The smallest absolute Gasteiger partial charge is 0.462 e. The Labute approximate surface area is 261 Å². The molecule has 0 radical (unpaired) electrons. The number of ether oxygens (including phenoxy) is 2. The fourth-order valence-electron chi connectivity index (χ4n) is 4.33. The van der Waals surface area contributed by atoms with Crippen LogP contribution in [0.2, 0.25) is 0 Å². The van der Waals surface area contributed by atoms with Gasteiger partial charge >= 0.3 is 19.8 Å². The van der Waals surface area contributed by atoms with E-state index in [1.807, 2.05) is 0 Å². The molecule has 9 nitrogen and oxygen atoms in total. The summed E-state index contributed by atoms with van der Waals surface area (Å²) in [5.74, 6) is -0.855. The Morgan fingerprint density at radius 2 is 1.19 bits per heavy atom. The van der Waals surface area contributed by atoms with Gasteiger partial charge in [-0.3, -0.25) is 18.6 Å². The van der Waals surface area contributed by atoms with Crippen LogP contribution in [0.4, 0.5) is 0 Å². The number of phosphoric ester groups is 1. The Kier molecular flexibility index (Phi) is 29.4. The van der Waals surface area contributed by atoms with E-state index in [2.05, 4.69) is 38.2 Å². The molecule has 0 aromatic heterocycles. The van der Waals surface area contributed by atoms with Crippen molar-refractivity contribution in [3.05, 3.63) is 24.3 Å². The van der Waals surface area contributed by atoms with Gasteiger partial charge in [0, 0.05) is 19.4 Å². The van der Waals surface area contributed by atoms with E-state index in [0.717, 1.165) is 57.8 Å². The van der Waals surface area contributed by atoms with E-state index >= 15 is 0 Å². The first-order chi connectivity index (χ1) is 20.8. The summed E-state index contributed by atoms with van der Waals surface area (Å²) in [6, 6.07) is 0. The summed E-state index contributed by atoms with van der Waals surface area (Å²) in [4.78, 5) is 34.4. The molecule has 0 aliphatic heterocycles. The molecule has 1 unspecified atom stereocenters. The van der Waals surface area contributed by atoms with Gasteiger partial charge < -0.3 is 20.1 Å². The maximum atomic E-state index is 12.4. The minimum atomic E-state index is -4.36. The van der Waals surface area contributed by atoms with Gasteiger partial charge in [-0.25, -0.2) is 4.57 Å². The Hall–Kier alpha value is -1.51. The average molecular weight is 632 g/mol. The van der Waals surface area contributed by atoms with E-state index in [4.69, 9.17) is 24.3 Å². The van der Waals surface area contributed by atoms with Crippen molar-refractivity contribution in [3.8, 4) is 0 Å². The molecular weight excluding hydrogens is 569 g/mol. The molecule has 0 heterocycles. The molecule has 0 aromatic carbocycles. The van der Waals surface area contributed by atoms with Crippen molar-refractivity contribution in [3.63, 3.8) is 0 Å². The lowest BCUT2D eigenvalue weighted by Gasteiger charge is -2.19. The summed E-state index contributed by atoms with van der Waals surface area (Å²) < 4.78 is 32.4. The second-order valence-corrected chi connectivity index (χ2v) is 12.5. The van der Waals surface area contributed by atoms with Crippen LogP contribution in [0, 0.1) is 0 Å². The van der Waals surface area contributed by atoms with Gasteiger partial charge in [0.1, 0.15) is 6.61 Å². The number of esters is 2. The second kappa shape index (κ2) is 30.5. The first-order valence-corrected chi connectivity index (χ1v) is 18.3. The Bertz CT molecular complexity index is 774. The number of rotatable bonds is 31. The largest absolute Gasteiger partial charge is 0.472 e. The number of carbonyl (C=O) groups excluding carboxylic acids is 2. The summed E-state index contributed by atoms with van der Waals surface area (Å²) in [6.45, 7) is 3.61. The highest BCUT2D eigenvalue weighted by molar-refractivity contribution is 7.47. The second-order valence-electron chi connectivity index (χ2n) is 11.1. The SMILES string of the molecule is CCCCCC/C=C/C=C/CCCCCCCC(=O)OC[C@@H](COP(=O)(O)OCCN)OC(=O)CCCCCCCCC. The van der Waals surface area contributed by atoms with Gasteiger partial charge in [-0.2, -0.15) is 0 Å². The van der Waals surface area contributed by atoms with Crippen LogP contribution >= 0.6 is 7.82 Å². The van der Waals surface area contributed by atoms with Crippen molar-refractivity contribution in [2.45, 2.75) is 148 Å². The van der Waals surface area contributed by atoms with Crippen LogP contribution < -0.4 is 5.73 Å². The monoisotopic (exact) mass is 631 g/mol. The number of hydrogen-bond donors (Lipinski definition) is 2. The van der Waals surface area contributed by atoms with Gasteiger partial charge in [0.05, 0.1) is 13.2 Å². The molecule has 0 fully saturated rings. The van der Waals surface area contributed by atoms with Gasteiger partial charge in [0.25, 0.3) is 0 Å². The summed E-state index contributed by atoms with van der Waals surface area (Å²) in [5.41, 5.74) is 5.30. The van der Waals surface area contributed by atoms with Crippen molar-refractivity contribution >= 4 is 19.8 Å². The van der Waals surface area contributed by atoms with Crippen molar-refractivity contribution in [2.24, 2.45) is 5.73 Å². The fourth-order valence-corrected chi connectivity index (χ4v) is 5.09. The third-order valence-electron chi connectivity index (χ3n) is 6.87. The van der Waals surface area contributed by atoms with Gasteiger partial charge in [0.2, 0.25) is 0 Å². The number of hydrogen-bond acceptors (Lipinski definition) is 8. The molecule has 0 aromatic rings. The van der Waals surface area contributed by atoms with Crippen LogP contribution in [0.25, 0.3) is 0 Å². The van der Waals surface area contributed by atoms with Crippen molar-refractivity contribution in [1.82, 2.24) is 0 Å². The zero-order chi connectivity index (χ0) is 31.9. The van der Waals surface area contributed by atoms with Crippen molar-refractivity contribution in [1.29, 1.82) is 0 Å². The fraction of sp³-hybridized carbons (Fsp3) is 0.818. The number of carbonyl (C=O) groups is 2. The number of nitrogens with two attached hydrogens (primary N) is 1. The van der Waals surface area contributed by atoms with Crippen LogP contribution in [0.15, 0.2) is 24.3 Å². The third-order valence-corrected chi connectivity index (χ3v) is 7.85. The maximum absolute atomic E-state index is 12.4. The Morgan fingerprint density at radius 3 is 1.74 bits per heavy atom. The molecule has 0 saturated heterocycles. The standard InChI is InChI=1S/C33H62NO8P/c1-3-5-7-9-11-12-13-14-15-16-17-18-20-21-23-25-32(35)39-29-31(30-41-43(37,38)40-28-27-34)42-33(36)26-24-22-19-10-8-6-4-2/h12-15,31H,3-11,16-30,34H2,1-2H3,(H,37,38)/b13-12+,15-14+/t31-/m0/s1. The molecule has 0 aliphatic carbocycles. The first kappa shape index (κ1) is 41.5. The lowest BCUT2D eigenvalue weighted by atomic mass is 10.1. The molecular formula is C33H62NO8P. The minimum Gasteiger partial charge on any atom is -0.462 e. The van der Waals surface area contributed by atoms with Crippen LogP contribution in [0.3, 0.4) is 0 Å². The lowest BCUT2D eigenvalue weighted by molar-refractivity contribution is -0.161. The van der Waals surface area contributed by atoms with Gasteiger partial charge in [0.15, 0.2) is 6.10 Å². The Morgan fingerprint density at radius 1 is 0.698 bits per heavy atom. The van der Waals surface area contributed by atoms with E-state index in [9.17, 15) is 19.0 Å². The number of phosphoric acid groups is 1. The minimum absolute atomic E-state index is 0.0519. The maximum Gasteiger partial charge on any atom is 0.472 e. The molecule has 0 amide bonds. The normalized spacial score (nSPS) is 13.9. The Balaban J connectivity index is 4.25. The van der Waals surface area contributed by atoms with E-state index in [-0.39, 0.29) is 32.6 Å². The molecule has 0 aliphatic rings. The molecule has 0 saturated carbocycles. The summed E-state index contributed by atoms with van der Waals surface area (Å²) in [5, 5.41) is 0. The highest BCUT2D eigenvalue weighted by Crippen LogP contribution is 2.43. The molecule has 0 rings (SSSR count). The molecule has 3 N–H and O–H groups in total. The zero-order valence-corrected chi connectivity index (χ0v) is 28.1. The van der Waals surface area contributed by atoms with Crippen LogP contribution in [0.5, 0.6) is 0 Å². The van der Waals surface area contributed by atoms with Crippen molar-refractivity contribution < 1.29 is 37.6 Å². The topological polar surface area (TPSA) is 134 Å². The third kappa shape index (κ3) is 30.3. The molecule has 0 spiro atoms.